The summed E-state index contributed by atoms with van der Waals surface area (Å²) in [5.41, 5.74) is 7.86. The molecule has 2 heterocycles. The van der Waals surface area contributed by atoms with Crippen LogP contribution in [0.5, 0.6) is 0 Å². The highest BCUT2D eigenvalue weighted by Gasteiger charge is 2.19. The standard InChI is InChI=1S/C43H27N3/c1-3-12-31(13-4-1)43-44-37-25-22-30-20-19-29-21-24-33(27-36(29)40(30)42(37)46(43)32-14-5-2-6-15-32)45-38-18-10-9-17-35(38)41-34-16-8-7-11-28(34)23-26-39(41)45/h1-27H. The molecule has 214 valence electrons. The smallest absolute Gasteiger partial charge is 0.145 e. The van der Waals surface area contributed by atoms with E-state index in [-0.39, 0.29) is 0 Å². The minimum absolute atomic E-state index is 0.941. The number of aromatic nitrogens is 3. The molecule has 0 aliphatic rings. The fourth-order valence-corrected chi connectivity index (χ4v) is 7.46. The monoisotopic (exact) mass is 585 g/mol. The van der Waals surface area contributed by atoms with Crippen molar-refractivity contribution in [2.75, 3.05) is 0 Å². The van der Waals surface area contributed by atoms with E-state index >= 15 is 0 Å². The number of imidazole rings is 1. The van der Waals surface area contributed by atoms with Crippen LogP contribution in [0.2, 0.25) is 0 Å². The number of hydrogen-bond acceptors (Lipinski definition) is 1. The summed E-state index contributed by atoms with van der Waals surface area (Å²) in [4.78, 5) is 5.26. The number of rotatable bonds is 3. The molecule has 0 aliphatic heterocycles. The number of hydrogen-bond donors (Lipinski definition) is 0. The molecule has 0 spiro atoms. The minimum Gasteiger partial charge on any atom is -0.309 e. The third-order valence-electron chi connectivity index (χ3n) is 9.47. The van der Waals surface area contributed by atoms with Crippen molar-refractivity contribution in [2.24, 2.45) is 0 Å². The third-order valence-corrected chi connectivity index (χ3v) is 9.47. The summed E-state index contributed by atoms with van der Waals surface area (Å²) in [6, 6.07) is 58.9. The van der Waals surface area contributed by atoms with Crippen LogP contribution in [0.3, 0.4) is 0 Å². The lowest BCUT2D eigenvalue weighted by atomic mass is 9.99. The molecule has 0 unspecified atom stereocenters. The highest BCUT2D eigenvalue weighted by atomic mass is 15.1. The van der Waals surface area contributed by atoms with Crippen LogP contribution in [0.4, 0.5) is 0 Å². The second kappa shape index (κ2) is 9.65. The second-order valence-electron chi connectivity index (χ2n) is 12.0. The minimum atomic E-state index is 0.941. The summed E-state index contributed by atoms with van der Waals surface area (Å²) >= 11 is 0. The quantitative estimate of drug-likeness (QED) is 0.189. The molecule has 3 heteroatoms. The zero-order chi connectivity index (χ0) is 30.2. The van der Waals surface area contributed by atoms with Gasteiger partial charge in [0.05, 0.1) is 22.1 Å². The largest absolute Gasteiger partial charge is 0.309 e. The molecule has 46 heavy (non-hydrogen) atoms. The molecule has 2 aromatic heterocycles. The van der Waals surface area contributed by atoms with Gasteiger partial charge in [-0.15, -0.1) is 0 Å². The van der Waals surface area contributed by atoms with Crippen molar-refractivity contribution in [3.8, 4) is 22.8 Å². The van der Waals surface area contributed by atoms with Gasteiger partial charge in [-0.25, -0.2) is 4.98 Å². The predicted octanol–water partition coefficient (Wildman–Crippen LogP) is 11.2. The Labute approximate surface area is 265 Å². The lowest BCUT2D eigenvalue weighted by Gasteiger charge is -2.14. The van der Waals surface area contributed by atoms with Gasteiger partial charge in [0.1, 0.15) is 5.82 Å². The zero-order valence-electron chi connectivity index (χ0n) is 24.9. The van der Waals surface area contributed by atoms with Gasteiger partial charge in [-0.05, 0) is 69.4 Å². The fourth-order valence-electron chi connectivity index (χ4n) is 7.46. The van der Waals surface area contributed by atoms with Crippen LogP contribution < -0.4 is 0 Å². The normalized spacial score (nSPS) is 11.9. The number of fused-ring (bicyclic) bond motifs is 10. The van der Waals surface area contributed by atoms with Gasteiger partial charge >= 0.3 is 0 Å². The van der Waals surface area contributed by atoms with E-state index in [1.165, 1.54) is 54.1 Å². The van der Waals surface area contributed by atoms with Gasteiger partial charge in [0.25, 0.3) is 0 Å². The van der Waals surface area contributed by atoms with Crippen molar-refractivity contribution in [3.05, 3.63) is 164 Å². The van der Waals surface area contributed by atoms with Gasteiger partial charge in [0.2, 0.25) is 0 Å². The van der Waals surface area contributed by atoms with E-state index in [9.17, 15) is 0 Å². The maximum Gasteiger partial charge on any atom is 0.145 e. The number of benzene rings is 8. The van der Waals surface area contributed by atoms with Gasteiger partial charge in [0, 0.05) is 33.1 Å². The molecule has 0 radical (unpaired) electrons. The third kappa shape index (κ3) is 3.57. The van der Waals surface area contributed by atoms with E-state index in [1.54, 1.807) is 0 Å². The molecule has 10 aromatic rings. The highest BCUT2D eigenvalue weighted by molar-refractivity contribution is 6.22. The van der Waals surface area contributed by atoms with Gasteiger partial charge < -0.3 is 4.57 Å². The van der Waals surface area contributed by atoms with E-state index in [1.807, 2.05) is 0 Å². The van der Waals surface area contributed by atoms with Crippen molar-refractivity contribution < 1.29 is 0 Å². The average Bonchev–Trinajstić information content (AvgIpc) is 3.69. The molecule has 0 fully saturated rings. The molecule has 10 rings (SSSR count). The summed E-state index contributed by atoms with van der Waals surface area (Å²) < 4.78 is 4.77. The predicted molar refractivity (Wildman–Crippen MR) is 193 cm³/mol. The van der Waals surface area contributed by atoms with Crippen molar-refractivity contribution in [2.45, 2.75) is 0 Å². The van der Waals surface area contributed by atoms with Gasteiger partial charge in [-0.3, -0.25) is 4.57 Å². The van der Waals surface area contributed by atoms with Crippen LogP contribution in [-0.4, -0.2) is 14.1 Å². The zero-order valence-corrected chi connectivity index (χ0v) is 24.9. The summed E-state index contributed by atoms with van der Waals surface area (Å²) in [6.45, 7) is 0. The summed E-state index contributed by atoms with van der Waals surface area (Å²) in [6.07, 6.45) is 0. The van der Waals surface area contributed by atoms with E-state index in [0.717, 1.165) is 33.8 Å². The first-order valence-corrected chi connectivity index (χ1v) is 15.7. The lowest BCUT2D eigenvalue weighted by molar-refractivity contribution is 1.11. The van der Waals surface area contributed by atoms with Crippen molar-refractivity contribution in [1.82, 2.24) is 14.1 Å². The first-order chi connectivity index (χ1) is 22.8. The summed E-state index contributed by atoms with van der Waals surface area (Å²) in [7, 11) is 0. The number of nitrogens with zero attached hydrogens (tertiary/aromatic N) is 3. The van der Waals surface area contributed by atoms with Crippen LogP contribution in [0.1, 0.15) is 0 Å². The fraction of sp³-hybridized carbons (Fsp3) is 0. The Hall–Kier alpha value is -6.19. The van der Waals surface area contributed by atoms with Crippen LogP contribution in [0, 0.1) is 0 Å². The van der Waals surface area contributed by atoms with Crippen LogP contribution >= 0.6 is 0 Å². The Balaban J connectivity index is 1.34. The van der Waals surface area contributed by atoms with Gasteiger partial charge in [-0.2, -0.15) is 0 Å². The second-order valence-corrected chi connectivity index (χ2v) is 12.0. The van der Waals surface area contributed by atoms with Crippen molar-refractivity contribution >= 4 is 65.2 Å². The molecule has 3 nitrogen and oxygen atoms in total. The maximum atomic E-state index is 5.26. The first kappa shape index (κ1) is 25.2. The molecule has 8 aromatic carbocycles. The van der Waals surface area contributed by atoms with E-state index in [4.69, 9.17) is 4.98 Å². The van der Waals surface area contributed by atoms with Crippen molar-refractivity contribution in [3.63, 3.8) is 0 Å². The molecule has 0 saturated carbocycles. The Bertz CT molecular complexity index is 2790. The molecule has 0 N–H and O–H groups in total. The van der Waals surface area contributed by atoms with Crippen LogP contribution in [-0.2, 0) is 0 Å². The first-order valence-electron chi connectivity index (χ1n) is 15.7. The van der Waals surface area contributed by atoms with E-state index in [2.05, 4.69) is 173 Å². The van der Waals surface area contributed by atoms with Gasteiger partial charge in [0.15, 0.2) is 0 Å². The Morgan fingerprint density at radius 2 is 1.04 bits per heavy atom. The molecule has 0 amide bonds. The average molecular weight is 586 g/mol. The molecular formula is C43H27N3. The summed E-state index contributed by atoms with van der Waals surface area (Å²) in [5.74, 6) is 0.941. The Morgan fingerprint density at radius 1 is 0.391 bits per heavy atom. The Morgan fingerprint density at radius 3 is 1.91 bits per heavy atom. The summed E-state index contributed by atoms with van der Waals surface area (Å²) in [5, 5.41) is 9.93. The van der Waals surface area contributed by atoms with Gasteiger partial charge in [-0.1, -0.05) is 121 Å². The molecule has 0 aliphatic carbocycles. The van der Waals surface area contributed by atoms with E-state index < -0.39 is 0 Å². The molecule has 0 bridgehead atoms. The van der Waals surface area contributed by atoms with Crippen LogP contribution in [0.25, 0.3) is 87.9 Å². The maximum absolute atomic E-state index is 5.26. The topological polar surface area (TPSA) is 22.8 Å². The van der Waals surface area contributed by atoms with Crippen molar-refractivity contribution in [1.29, 1.82) is 0 Å². The molecule has 0 saturated heterocycles. The molecule has 0 atom stereocenters. The Kier molecular flexibility index (Phi) is 5.28. The SMILES string of the molecule is c1ccc(-c2nc3ccc4ccc5ccc(-n6c7ccccc7c7c8ccccc8ccc76)cc5c4c3n2-c2ccccc2)cc1. The number of para-hydroxylation sites is 2. The van der Waals surface area contributed by atoms with E-state index in [0.29, 0.717) is 0 Å². The lowest BCUT2D eigenvalue weighted by Crippen LogP contribution is -1.98. The molecular weight excluding hydrogens is 558 g/mol. The highest BCUT2D eigenvalue weighted by Crippen LogP contribution is 2.40. The van der Waals surface area contributed by atoms with Crippen LogP contribution in [0.15, 0.2) is 164 Å².